The fourth-order valence-corrected chi connectivity index (χ4v) is 2.89. The molecule has 1 fully saturated rings. The predicted octanol–water partition coefficient (Wildman–Crippen LogP) is 1.97. The Labute approximate surface area is 128 Å². The van der Waals surface area contributed by atoms with Crippen LogP contribution in [0.15, 0.2) is 12.3 Å². The molecule has 0 saturated heterocycles. The van der Waals surface area contributed by atoms with Gasteiger partial charge in [-0.2, -0.15) is 0 Å². The SMILES string of the molecule is Cc1ncc([N+](=O)[O-])cc1C(=O)NC1CCCCCC1CO. The molecule has 120 valence electrons. The van der Waals surface area contributed by atoms with Crippen molar-refractivity contribution in [2.45, 2.75) is 45.1 Å². The van der Waals surface area contributed by atoms with E-state index in [1.165, 1.54) is 6.07 Å². The smallest absolute Gasteiger partial charge is 0.288 e. The molecule has 1 aromatic rings. The Hall–Kier alpha value is -2.02. The molecule has 1 amide bonds. The van der Waals surface area contributed by atoms with Crippen LogP contribution in [0.5, 0.6) is 0 Å². The number of aromatic nitrogens is 1. The summed E-state index contributed by atoms with van der Waals surface area (Å²) in [4.78, 5) is 26.6. The van der Waals surface area contributed by atoms with Crippen molar-refractivity contribution >= 4 is 11.6 Å². The van der Waals surface area contributed by atoms with Gasteiger partial charge in [-0.25, -0.2) is 0 Å². The van der Waals surface area contributed by atoms with E-state index in [0.29, 0.717) is 5.69 Å². The van der Waals surface area contributed by atoms with E-state index >= 15 is 0 Å². The molecule has 1 aliphatic rings. The van der Waals surface area contributed by atoms with E-state index in [-0.39, 0.29) is 35.7 Å². The van der Waals surface area contributed by atoms with E-state index in [2.05, 4.69) is 10.3 Å². The van der Waals surface area contributed by atoms with Crippen molar-refractivity contribution in [3.05, 3.63) is 33.6 Å². The molecular weight excluding hydrogens is 286 g/mol. The highest BCUT2D eigenvalue weighted by Crippen LogP contribution is 2.24. The van der Waals surface area contributed by atoms with Crippen LogP contribution in [-0.4, -0.2) is 33.6 Å². The van der Waals surface area contributed by atoms with Gasteiger partial charge in [0.1, 0.15) is 6.20 Å². The zero-order chi connectivity index (χ0) is 16.1. The third-order valence-electron chi connectivity index (χ3n) is 4.24. The predicted molar refractivity (Wildman–Crippen MR) is 80.5 cm³/mol. The van der Waals surface area contributed by atoms with Crippen molar-refractivity contribution in [3.8, 4) is 0 Å². The van der Waals surface area contributed by atoms with Crippen LogP contribution in [0.3, 0.4) is 0 Å². The molecule has 0 bridgehead atoms. The highest BCUT2D eigenvalue weighted by molar-refractivity contribution is 5.95. The number of rotatable bonds is 4. The van der Waals surface area contributed by atoms with Crippen molar-refractivity contribution in [3.63, 3.8) is 0 Å². The molecular formula is C15H21N3O4. The Morgan fingerprint density at radius 2 is 2.18 bits per heavy atom. The number of pyridine rings is 1. The highest BCUT2D eigenvalue weighted by atomic mass is 16.6. The van der Waals surface area contributed by atoms with Crippen molar-refractivity contribution < 1.29 is 14.8 Å². The molecule has 22 heavy (non-hydrogen) atoms. The fraction of sp³-hybridized carbons (Fsp3) is 0.600. The van der Waals surface area contributed by atoms with Crippen LogP contribution < -0.4 is 5.32 Å². The van der Waals surface area contributed by atoms with Crippen LogP contribution in [0.2, 0.25) is 0 Å². The summed E-state index contributed by atoms with van der Waals surface area (Å²) in [6, 6.07) is 1.15. The van der Waals surface area contributed by atoms with Gasteiger partial charge in [0.05, 0.1) is 16.2 Å². The Balaban J connectivity index is 2.17. The van der Waals surface area contributed by atoms with Gasteiger partial charge in [-0.1, -0.05) is 19.3 Å². The first-order valence-corrected chi connectivity index (χ1v) is 7.55. The number of aliphatic hydroxyl groups is 1. The molecule has 1 aromatic heterocycles. The lowest BCUT2D eigenvalue weighted by molar-refractivity contribution is -0.385. The van der Waals surface area contributed by atoms with Gasteiger partial charge < -0.3 is 10.4 Å². The van der Waals surface area contributed by atoms with Crippen LogP contribution in [0, 0.1) is 23.0 Å². The number of hydrogen-bond donors (Lipinski definition) is 2. The number of aliphatic hydroxyl groups excluding tert-OH is 1. The number of nitro groups is 1. The average Bonchev–Trinajstić information content (AvgIpc) is 2.72. The monoisotopic (exact) mass is 307 g/mol. The summed E-state index contributed by atoms with van der Waals surface area (Å²) in [6.45, 7) is 1.69. The number of hydrogen-bond acceptors (Lipinski definition) is 5. The molecule has 2 unspecified atom stereocenters. The molecule has 0 spiro atoms. The number of aryl methyl sites for hydroxylation is 1. The molecule has 7 heteroatoms. The first-order chi connectivity index (χ1) is 10.5. The lowest BCUT2D eigenvalue weighted by Crippen LogP contribution is -2.41. The van der Waals surface area contributed by atoms with E-state index in [0.717, 1.165) is 38.3 Å². The Bertz CT molecular complexity index is 562. The topological polar surface area (TPSA) is 105 Å². The molecule has 2 N–H and O–H groups in total. The fourth-order valence-electron chi connectivity index (χ4n) is 2.89. The highest BCUT2D eigenvalue weighted by Gasteiger charge is 2.26. The summed E-state index contributed by atoms with van der Waals surface area (Å²) in [6.07, 6.45) is 6.00. The van der Waals surface area contributed by atoms with E-state index in [1.54, 1.807) is 6.92 Å². The maximum Gasteiger partial charge on any atom is 0.288 e. The molecule has 7 nitrogen and oxygen atoms in total. The number of nitrogens with zero attached hydrogens (tertiary/aromatic N) is 2. The van der Waals surface area contributed by atoms with Gasteiger partial charge in [-0.3, -0.25) is 19.9 Å². The van der Waals surface area contributed by atoms with Crippen molar-refractivity contribution in [2.24, 2.45) is 5.92 Å². The molecule has 0 aliphatic heterocycles. The summed E-state index contributed by atoms with van der Waals surface area (Å²) in [5.74, 6) is -0.322. The van der Waals surface area contributed by atoms with E-state index in [9.17, 15) is 20.0 Å². The second kappa shape index (κ2) is 7.31. The second-order valence-corrected chi connectivity index (χ2v) is 5.74. The van der Waals surface area contributed by atoms with Crippen LogP contribution in [0.4, 0.5) is 5.69 Å². The normalized spacial score (nSPS) is 21.9. The first-order valence-electron chi connectivity index (χ1n) is 7.55. The summed E-state index contributed by atoms with van der Waals surface area (Å²) >= 11 is 0. The minimum absolute atomic E-state index is 0.0388. The van der Waals surface area contributed by atoms with Crippen molar-refractivity contribution in [2.75, 3.05) is 6.61 Å². The Morgan fingerprint density at radius 1 is 1.45 bits per heavy atom. The van der Waals surface area contributed by atoms with Gasteiger partial charge in [-0.05, 0) is 19.8 Å². The van der Waals surface area contributed by atoms with E-state index < -0.39 is 4.92 Å². The number of carbonyl (C=O) groups is 1. The second-order valence-electron chi connectivity index (χ2n) is 5.74. The van der Waals surface area contributed by atoms with E-state index in [4.69, 9.17) is 0 Å². The zero-order valence-corrected chi connectivity index (χ0v) is 12.6. The standard InChI is InChI=1S/C15H21N3O4/c1-10-13(7-12(8-16-10)18(21)22)15(20)17-14-6-4-2-3-5-11(14)9-19/h7-8,11,14,19H,2-6,9H2,1H3,(H,17,20). The van der Waals surface area contributed by atoms with Crippen LogP contribution >= 0.6 is 0 Å². The van der Waals surface area contributed by atoms with Gasteiger partial charge in [0.15, 0.2) is 0 Å². The third-order valence-corrected chi connectivity index (χ3v) is 4.24. The average molecular weight is 307 g/mol. The summed E-state index contributed by atoms with van der Waals surface area (Å²) < 4.78 is 0. The minimum atomic E-state index is -0.564. The number of nitrogens with one attached hydrogen (secondary N) is 1. The maximum absolute atomic E-state index is 12.4. The van der Waals surface area contributed by atoms with Gasteiger partial charge in [0.2, 0.25) is 0 Å². The largest absolute Gasteiger partial charge is 0.396 e. The zero-order valence-electron chi connectivity index (χ0n) is 12.6. The molecule has 2 atom stereocenters. The molecule has 1 saturated carbocycles. The molecule has 0 aromatic carbocycles. The van der Waals surface area contributed by atoms with Crippen LogP contribution in [-0.2, 0) is 0 Å². The van der Waals surface area contributed by atoms with Crippen molar-refractivity contribution in [1.29, 1.82) is 0 Å². The summed E-state index contributed by atoms with van der Waals surface area (Å²) in [5.41, 5.74) is 0.475. The van der Waals surface area contributed by atoms with Crippen LogP contribution in [0.1, 0.15) is 48.2 Å². The quantitative estimate of drug-likeness (QED) is 0.502. The number of carbonyl (C=O) groups excluding carboxylic acids is 1. The van der Waals surface area contributed by atoms with Gasteiger partial charge >= 0.3 is 0 Å². The lowest BCUT2D eigenvalue weighted by atomic mass is 9.95. The van der Waals surface area contributed by atoms with Crippen LogP contribution in [0.25, 0.3) is 0 Å². The van der Waals surface area contributed by atoms with E-state index in [1.807, 2.05) is 0 Å². The number of amides is 1. The maximum atomic E-state index is 12.4. The molecule has 0 radical (unpaired) electrons. The Kier molecular flexibility index (Phi) is 5.43. The van der Waals surface area contributed by atoms with Crippen molar-refractivity contribution in [1.82, 2.24) is 10.3 Å². The Morgan fingerprint density at radius 3 is 2.86 bits per heavy atom. The van der Waals surface area contributed by atoms with Gasteiger partial charge in [0, 0.05) is 24.6 Å². The van der Waals surface area contributed by atoms with Gasteiger partial charge in [-0.15, -0.1) is 0 Å². The summed E-state index contributed by atoms with van der Waals surface area (Å²) in [5, 5.41) is 23.2. The molecule has 2 rings (SSSR count). The molecule has 1 heterocycles. The van der Waals surface area contributed by atoms with Gasteiger partial charge in [0.25, 0.3) is 11.6 Å². The molecule has 1 aliphatic carbocycles. The first kappa shape index (κ1) is 16.4. The summed E-state index contributed by atoms with van der Waals surface area (Å²) in [7, 11) is 0. The minimum Gasteiger partial charge on any atom is -0.396 e. The lowest BCUT2D eigenvalue weighted by Gasteiger charge is -2.24. The third kappa shape index (κ3) is 3.79.